The van der Waals surface area contributed by atoms with Gasteiger partial charge in [-0.1, -0.05) is 0 Å². The van der Waals surface area contributed by atoms with E-state index in [2.05, 4.69) is 10.4 Å². The molecule has 0 fully saturated rings. The molecule has 0 saturated carbocycles. The van der Waals surface area contributed by atoms with Gasteiger partial charge in [0, 0.05) is 6.20 Å². The van der Waals surface area contributed by atoms with Crippen molar-refractivity contribution >= 4 is 23.6 Å². The highest BCUT2D eigenvalue weighted by Crippen LogP contribution is 2.27. The zero-order valence-electron chi connectivity index (χ0n) is 11.1. The summed E-state index contributed by atoms with van der Waals surface area (Å²) in [6.07, 6.45) is -1.54. The average Bonchev–Trinajstić information content (AvgIpc) is 2.82. The summed E-state index contributed by atoms with van der Waals surface area (Å²) in [5.41, 5.74) is -1.10. The average molecular weight is 325 g/mol. The molecule has 1 unspecified atom stereocenters. The molecule has 0 aliphatic heterocycles. The van der Waals surface area contributed by atoms with Crippen LogP contribution in [0.4, 0.5) is 13.2 Å². The summed E-state index contributed by atoms with van der Waals surface area (Å²) in [6, 6.07) is -0.321. The molecule has 1 rings (SSSR count). The molecule has 1 aromatic heterocycles. The van der Waals surface area contributed by atoms with Crippen LogP contribution in [0.25, 0.3) is 0 Å². The lowest BCUT2D eigenvalue weighted by molar-refractivity contribution is -0.142. The number of hydrogen-bond acceptors (Lipinski definition) is 4. The Morgan fingerprint density at radius 1 is 1.52 bits per heavy atom. The number of hydrogen-bond donors (Lipinski definition) is 2. The van der Waals surface area contributed by atoms with Gasteiger partial charge in [0.2, 0.25) is 5.91 Å². The lowest BCUT2D eigenvalue weighted by Gasteiger charge is -2.13. The molecule has 0 spiro atoms. The topological polar surface area (TPSA) is 84.2 Å². The van der Waals surface area contributed by atoms with Gasteiger partial charge in [0.1, 0.15) is 12.6 Å². The van der Waals surface area contributed by atoms with Crippen molar-refractivity contribution in [1.82, 2.24) is 15.1 Å². The molecule has 0 bridgehead atoms. The van der Waals surface area contributed by atoms with E-state index in [0.29, 0.717) is 5.75 Å². The summed E-state index contributed by atoms with van der Waals surface area (Å²) < 4.78 is 37.8. The molecule has 1 atom stereocenters. The molecular formula is C11H14F3N3O3S. The van der Waals surface area contributed by atoms with E-state index in [9.17, 15) is 22.8 Å². The number of carboxylic acid groups (broad SMARTS) is 1. The zero-order valence-corrected chi connectivity index (χ0v) is 11.9. The van der Waals surface area contributed by atoms with Gasteiger partial charge in [0.25, 0.3) is 0 Å². The fourth-order valence-electron chi connectivity index (χ4n) is 1.48. The molecule has 1 aromatic rings. The number of alkyl halides is 3. The van der Waals surface area contributed by atoms with Crippen LogP contribution in [0.3, 0.4) is 0 Å². The van der Waals surface area contributed by atoms with Gasteiger partial charge in [-0.05, 0) is 24.5 Å². The lowest BCUT2D eigenvalue weighted by atomic mass is 10.2. The Morgan fingerprint density at radius 2 is 2.19 bits per heavy atom. The molecule has 0 radical (unpaired) electrons. The highest BCUT2D eigenvalue weighted by atomic mass is 32.2. The van der Waals surface area contributed by atoms with Gasteiger partial charge < -0.3 is 10.4 Å². The molecule has 0 aliphatic carbocycles. The Labute approximate surface area is 122 Å². The predicted octanol–water partition coefficient (Wildman–Crippen LogP) is 1.22. The van der Waals surface area contributed by atoms with Crippen molar-refractivity contribution in [3.8, 4) is 0 Å². The van der Waals surface area contributed by atoms with Crippen LogP contribution in [0.1, 0.15) is 12.1 Å². The van der Waals surface area contributed by atoms with Crippen LogP contribution in [-0.4, -0.2) is 44.8 Å². The number of halogens is 3. The highest BCUT2D eigenvalue weighted by molar-refractivity contribution is 7.98. The molecule has 118 valence electrons. The molecule has 1 amide bonds. The summed E-state index contributed by atoms with van der Waals surface area (Å²) in [6.45, 7) is -0.473. The molecule has 0 aromatic carbocycles. The van der Waals surface area contributed by atoms with Gasteiger partial charge in [-0.3, -0.25) is 9.48 Å². The minimum atomic E-state index is -4.58. The summed E-state index contributed by atoms with van der Waals surface area (Å²) in [4.78, 5) is 22.6. The van der Waals surface area contributed by atoms with Crippen LogP contribution in [0.5, 0.6) is 0 Å². The van der Waals surface area contributed by atoms with Crippen LogP contribution in [-0.2, 0) is 22.3 Å². The second-order valence-electron chi connectivity index (χ2n) is 4.14. The Kier molecular flexibility index (Phi) is 6.06. The van der Waals surface area contributed by atoms with Crippen LogP contribution in [0.15, 0.2) is 12.3 Å². The first-order valence-corrected chi connectivity index (χ1v) is 7.25. The Bertz CT molecular complexity index is 504. The van der Waals surface area contributed by atoms with Crippen molar-refractivity contribution in [3.05, 3.63) is 18.0 Å². The number of thioether (sulfide) groups is 1. The van der Waals surface area contributed by atoms with Crippen LogP contribution < -0.4 is 5.32 Å². The van der Waals surface area contributed by atoms with Gasteiger partial charge in [0.05, 0.1) is 0 Å². The maximum atomic E-state index is 12.3. The molecule has 21 heavy (non-hydrogen) atoms. The normalized spacial score (nSPS) is 13.0. The number of aromatic nitrogens is 2. The molecule has 10 heteroatoms. The number of carboxylic acids is 1. The van der Waals surface area contributed by atoms with E-state index in [1.807, 2.05) is 0 Å². The Balaban J connectivity index is 2.60. The van der Waals surface area contributed by atoms with Gasteiger partial charge in [0.15, 0.2) is 5.69 Å². The van der Waals surface area contributed by atoms with Crippen molar-refractivity contribution in [3.63, 3.8) is 0 Å². The number of carbonyl (C=O) groups excluding carboxylic acids is 1. The van der Waals surface area contributed by atoms with Crippen LogP contribution >= 0.6 is 11.8 Å². The highest BCUT2D eigenvalue weighted by Gasteiger charge is 2.33. The number of rotatable bonds is 7. The van der Waals surface area contributed by atoms with E-state index >= 15 is 0 Å². The SMILES string of the molecule is CSCCC(NC(=O)Cn1ccc(C(F)(F)F)n1)C(=O)O. The minimum Gasteiger partial charge on any atom is -0.480 e. The van der Waals surface area contributed by atoms with Gasteiger partial charge in [-0.2, -0.15) is 30.0 Å². The standard InChI is InChI=1S/C11H14F3N3O3S/c1-21-5-3-7(10(19)20)15-9(18)6-17-4-2-8(16-17)11(12,13)14/h2,4,7H,3,5-6H2,1H3,(H,15,18)(H,19,20). The summed E-state index contributed by atoms with van der Waals surface area (Å²) in [5.74, 6) is -1.36. The Hall–Kier alpha value is -1.71. The van der Waals surface area contributed by atoms with Crippen molar-refractivity contribution in [2.75, 3.05) is 12.0 Å². The van der Waals surface area contributed by atoms with E-state index in [-0.39, 0.29) is 6.42 Å². The fourth-order valence-corrected chi connectivity index (χ4v) is 1.95. The van der Waals surface area contributed by atoms with Crippen LogP contribution in [0, 0.1) is 0 Å². The van der Waals surface area contributed by atoms with Gasteiger partial charge >= 0.3 is 12.1 Å². The second-order valence-corrected chi connectivity index (χ2v) is 5.12. The molecule has 0 aliphatic rings. The lowest BCUT2D eigenvalue weighted by Crippen LogP contribution is -2.42. The fraction of sp³-hybridized carbons (Fsp3) is 0.545. The Morgan fingerprint density at radius 3 is 2.67 bits per heavy atom. The molecular weight excluding hydrogens is 311 g/mol. The number of nitrogens with zero attached hydrogens (tertiary/aromatic N) is 2. The third kappa shape index (κ3) is 5.66. The molecule has 6 nitrogen and oxygen atoms in total. The predicted molar refractivity (Wildman–Crippen MR) is 69.8 cm³/mol. The number of amides is 1. The summed E-state index contributed by atoms with van der Waals surface area (Å²) in [7, 11) is 0. The first-order valence-electron chi connectivity index (χ1n) is 5.85. The van der Waals surface area contributed by atoms with Crippen molar-refractivity contribution < 1.29 is 27.9 Å². The third-order valence-electron chi connectivity index (χ3n) is 2.48. The minimum absolute atomic E-state index is 0.231. The third-order valence-corrected chi connectivity index (χ3v) is 3.12. The molecule has 1 heterocycles. The van der Waals surface area contributed by atoms with Crippen LogP contribution in [0.2, 0.25) is 0 Å². The van der Waals surface area contributed by atoms with E-state index in [1.54, 1.807) is 6.26 Å². The molecule has 2 N–H and O–H groups in total. The van der Waals surface area contributed by atoms with E-state index in [1.165, 1.54) is 11.8 Å². The first kappa shape index (κ1) is 17.3. The summed E-state index contributed by atoms with van der Waals surface area (Å²) in [5, 5.41) is 14.4. The summed E-state index contributed by atoms with van der Waals surface area (Å²) >= 11 is 1.43. The smallest absolute Gasteiger partial charge is 0.435 e. The first-order chi connectivity index (χ1) is 9.74. The number of carbonyl (C=O) groups is 2. The van der Waals surface area contributed by atoms with Gasteiger partial charge in [-0.25, -0.2) is 4.79 Å². The quantitative estimate of drug-likeness (QED) is 0.787. The second kappa shape index (κ2) is 7.34. The monoisotopic (exact) mass is 325 g/mol. The van der Waals surface area contributed by atoms with E-state index in [4.69, 9.17) is 5.11 Å². The van der Waals surface area contributed by atoms with Crippen molar-refractivity contribution in [2.45, 2.75) is 25.2 Å². The van der Waals surface area contributed by atoms with Crippen molar-refractivity contribution in [2.24, 2.45) is 0 Å². The number of nitrogens with one attached hydrogen (secondary N) is 1. The van der Waals surface area contributed by atoms with Gasteiger partial charge in [-0.15, -0.1) is 0 Å². The zero-order chi connectivity index (χ0) is 16.0. The molecule has 0 saturated heterocycles. The maximum absolute atomic E-state index is 12.3. The van der Waals surface area contributed by atoms with E-state index in [0.717, 1.165) is 16.9 Å². The maximum Gasteiger partial charge on any atom is 0.435 e. The van der Waals surface area contributed by atoms with Crippen molar-refractivity contribution in [1.29, 1.82) is 0 Å². The largest absolute Gasteiger partial charge is 0.480 e. The number of aliphatic carboxylic acids is 1. The van der Waals surface area contributed by atoms with E-state index < -0.39 is 36.3 Å².